The number of hydrogen-bond donors (Lipinski definition) is 1. The van der Waals surface area contributed by atoms with Crippen molar-refractivity contribution in [1.82, 2.24) is 10.2 Å². The molecule has 1 rings (SSSR count). The molecule has 0 aromatic heterocycles. The highest BCUT2D eigenvalue weighted by Crippen LogP contribution is 2.17. The van der Waals surface area contributed by atoms with E-state index in [9.17, 15) is 0 Å². The van der Waals surface area contributed by atoms with Gasteiger partial charge in [-0.3, -0.25) is 0 Å². The third-order valence-corrected chi connectivity index (χ3v) is 4.65. The topological polar surface area (TPSA) is 15.3 Å². The van der Waals surface area contributed by atoms with Crippen molar-refractivity contribution in [3.63, 3.8) is 0 Å². The summed E-state index contributed by atoms with van der Waals surface area (Å²) in [4.78, 5) is 2.53. The maximum Gasteiger partial charge on any atom is 0.0180 e. The van der Waals surface area contributed by atoms with E-state index in [0.717, 1.165) is 12.1 Å². The molecule has 0 aromatic carbocycles. The first-order chi connectivity index (χ1) is 8.27. The highest BCUT2D eigenvalue weighted by molar-refractivity contribution is 7.98. The lowest BCUT2D eigenvalue weighted by Gasteiger charge is -2.26. The van der Waals surface area contributed by atoms with Crippen molar-refractivity contribution in [2.75, 3.05) is 32.1 Å². The summed E-state index contributed by atoms with van der Waals surface area (Å²) in [6.07, 6.45) is 10.4. The van der Waals surface area contributed by atoms with E-state index < -0.39 is 0 Å². The monoisotopic (exact) mass is 258 g/mol. The zero-order valence-corrected chi connectivity index (χ0v) is 12.7. The Bertz CT molecular complexity index is 181. The lowest BCUT2D eigenvalue weighted by molar-refractivity contribution is 0.251. The van der Waals surface area contributed by atoms with Crippen LogP contribution < -0.4 is 5.32 Å². The summed E-state index contributed by atoms with van der Waals surface area (Å²) < 4.78 is 0. The van der Waals surface area contributed by atoms with E-state index in [-0.39, 0.29) is 0 Å². The van der Waals surface area contributed by atoms with Gasteiger partial charge in [-0.1, -0.05) is 19.8 Å². The predicted octanol–water partition coefficient (Wildman–Crippen LogP) is 2.98. The zero-order valence-electron chi connectivity index (χ0n) is 11.9. The molecule has 1 saturated carbocycles. The van der Waals surface area contributed by atoms with Crippen molar-refractivity contribution in [2.45, 2.75) is 57.5 Å². The zero-order chi connectivity index (χ0) is 12.5. The smallest absolute Gasteiger partial charge is 0.0180 e. The molecular formula is C14H30N2S. The summed E-state index contributed by atoms with van der Waals surface area (Å²) >= 11 is 1.96. The van der Waals surface area contributed by atoms with E-state index in [1.54, 1.807) is 0 Å². The molecule has 0 saturated heterocycles. The molecule has 0 heterocycles. The van der Waals surface area contributed by atoms with E-state index in [1.165, 1.54) is 57.4 Å². The van der Waals surface area contributed by atoms with Crippen LogP contribution >= 0.6 is 11.8 Å². The minimum Gasteiger partial charge on any atom is -0.314 e. The summed E-state index contributed by atoms with van der Waals surface area (Å²) in [7, 11) is 2.28. The van der Waals surface area contributed by atoms with Gasteiger partial charge in [-0.25, -0.2) is 0 Å². The van der Waals surface area contributed by atoms with E-state index >= 15 is 0 Å². The Morgan fingerprint density at radius 1 is 1.35 bits per heavy atom. The van der Waals surface area contributed by atoms with Crippen molar-refractivity contribution >= 4 is 11.8 Å². The van der Waals surface area contributed by atoms with Crippen LogP contribution in [0.25, 0.3) is 0 Å². The van der Waals surface area contributed by atoms with Gasteiger partial charge in [0.2, 0.25) is 0 Å². The molecule has 1 fully saturated rings. The first-order valence-corrected chi connectivity index (χ1v) is 8.59. The summed E-state index contributed by atoms with van der Waals surface area (Å²) in [6, 6.07) is 1.59. The van der Waals surface area contributed by atoms with E-state index in [1.807, 2.05) is 11.8 Å². The van der Waals surface area contributed by atoms with Crippen LogP contribution in [-0.2, 0) is 0 Å². The van der Waals surface area contributed by atoms with Crippen molar-refractivity contribution in [2.24, 2.45) is 0 Å². The van der Waals surface area contributed by atoms with E-state index in [0.29, 0.717) is 0 Å². The first-order valence-electron chi connectivity index (χ1n) is 7.20. The van der Waals surface area contributed by atoms with Crippen LogP contribution in [0.15, 0.2) is 0 Å². The quantitative estimate of drug-likeness (QED) is 0.640. The molecule has 102 valence electrons. The van der Waals surface area contributed by atoms with Crippen LogP contribution in [-0.4, -0.2) is 49.1 Å². The molecule has 1 aliphatic carbocycles. The number of rotatable bonds is 9. The van der Waals surface area contributed by atoms with Gasteiger partial charge in [0.15, 0.2) is 0 Å². The largest absolute Gasteiger partial charge is 0.314 e. The Morgan fingerprint density at radius 3 is 2.65 bits per heavy atom. The Hall–Kier alpha value is 0.270. The Labute approximate surface area is 112 Å². The lowest BCUT2D eigenvalue weighted by atomic mass is 10.2. The normalized spacial score (nSPS) is 19.1. The molecule has 0 spiro atoms. The van der Waals surface area contributed by atoms with Crippen LogP contribution in [0.5, 0.6) is 0 Å². The summed E-state index contributed by atoms with van der Waals surface area (Å²) in [5.41, 5.74) is 0. The van der Waals surface area contributed by atoms with Crippen molar-refractivity contribution in [3.8, 4) is 0 Å². The molecule has 17 heavy (non-hydrogen) atoms. The summed E-state index contributed by atoms with van der Waals surface area (Å²) in [6.45, 7) is 4.73. The second kappa shape index (κ2) is 9.23. The van der Waals surface area contributed by atoms with Gasteiger partial charge in [0, 0.05) is 17.8 Å². The molecule has 1 aliphatic rings. The second-order valence-electron chi connectivity index (χ2n) is 5.29. The van der Waals surface area contributed by atoms with Gasteiger partial charge in [0.1, 0.15) is 0 Å². The minimum atomic E-state index is 0.761. The maximum absolute atomic E-state index is 3.69. The Kier molecular flexibility index (Phi) is 8.33. The third kappa shape index (κ3) is 6.12. The molecule has 2 nitrogen and oxygen atoms in total. The highest BCUT2D eigenvalue weighted by atomic mass is 32.2. The van der Waals surface area contributed by atoms with Gasteiger partial charge in [0.05, 0.1) is 0 Å². The fourth-order valence-electron chi connectivity index (χ4n) is 2.70. The van der Waals surface area contributed by atoms with Gasteiger partial charge < -0.3 is 10.2 Å². The van der Waals surface area contributed by atoms with Crippen LogP contribution in [0, 0.1) is 0 Å². The maximum atomic E-state index is 3.69. The fourth-order valence-corrected chi connectivity index (χ4v) is 3.57. The van der Waals surface area contributed by atoms with E-state index in [2.05, 4.69) is 30.4 Å². The number of hydrogen-bond acceptors (Lipinski definition) is 3. The highest BCUT2D eigenvalue weighted by Gasteiger charge is 2.14. The van der Waals surface area contributed by atoms with Crippen LogP contribution in [0.4, 0.5) is 0 Å². The van der Waals surface area contributed by atoms with Gasteiger partial charge in [-0.05, 0) is 52.1 Å². The SMILES string of the molecule is CCC(CSC)N(C)CCCNC1CCCC1. The van der Waals surface area contributed by atoms with Crippen molar-refractivity contribution < 1.29 is 0 Å². The van der Waals surface area contributed by atoms with Crippen molar-refractivity contribution in [1.29, 1.82) is 0 Å². The minimum absolute atomic E-state index is 0.761. The predicted molar refractivity (Wildman–Crippen MR) is 80.0 cm³/mol. The molecule has 0 aromatic rings. The number of thioether (sulfide) groups is 1. The fraction of sp³-hybridized carbons (Fsp3) is 1.00. The third-order valence-electron chi connectivity index (χ3n) is 3.93. The molecule has 3 heteroatoms. The molecule has 0 radical (unpaired) electrons. The van der Waals surface area contributed by atoms with Crippen LogP contribution in [0.1, 0.15) is 45.4 Å². The Morgan fingerprint density at radius 2 is 2.06 bits per heavy atom. The van der Waals surface area contributed by atoms with Gasteiger partial charge in [-0.15, -0.1) is 0 Å². The Balaban J connectivity index is 2.03. The number of nitrogens with zero attached hydrogens (tertiary/aromatic N) is 1. The second-order valence-corrected chi connectivity index (χ2v) is 6.20. The average molecular weight is 258 g/mol. The molecule has 0 aliphatic heterocycles. The van der Waals surface area contributed by atoms with Gasteiger partial charge in [-0.2, -0.15) is 11.8 Å². The molecule has 0 bridgehead atoms. The molecule has 1 N–H and O–H groups in total. The molecule has 1 atom stereocenters. The van der Waals surface area contributed by atoms with Crippen LogP contribution in [0.2, 0.25) is 0 Å². The molecule has 1 unspecified atom stereocenters. The van der Waals surface area contributed by atoms with Gasteiger partial charge >= 0.3 is 0 Å². The number of nitrogens with one attached hydrogen (secondary N) is 1. The molecular weight excluding hydrogens is 228 g/mol. The first kappa shape index (κ1) is 15.3. The van der Waals surface area contributed by atoms with Crippen LogP contribution in [0.3, 0.4) is 0 Å². The summed E-state index contributed by atoms with van der Waals surface area (Å²) in [5.74, 6) is 1.27. The van der Waals surface area contributed by atoms with Crippen molar-refractivity contribution in [3.05, 3.63) is 0 Å². The van der Waals surface area contributed by atoms with E-state index in [4.69, 9.17) is 0 Å². The van der Waals surface area contributed by atoms with Gasteiger partial charge in [0.25, 0.3) is 0 Å². The molecule has 0 amide bonds. The summed E-state index contributed by atoms with van der Waals surface area (Å²) in [5, 5.41) is 3.69. The average Bonchev–Trinajstić information content (AvgIpc) is 2.84. The standard InChI is InChI=1S/C14H30N2S/c1-4-14(12-17-3)16(2)11-7-10-15-13-8-5-6-9-13/h13-15H,4-12H2,1-3H3. The lowest BCUT2D eigenvalue weighted by Crippen LogP contribution is -2.36.